The Morgan fingerprint density at radius 2 is 1.71 bits per heavy atom. The molecule has 28 heavy (non-hydrogen) atoms. The predicted octanol–water partition coefficient (Wildman–Crippen LogP) is 3.19. The minimum atomic E-state index is -0.748. The second-order valence-electron chi connectivity index (χ2n) is 6.49. The zero-order chi connectivity index (χ0) is 20.3. The maximum absolute atomic E-state index is 12.4. The highest BCUT2D eigenvalue weighted by Crippen LogP contribution is 2.16. The average molecular weight is 382 g/mol. The molecule has 8 nitrogen and oxygen atoms in total. The van der Waals surface area contributed by atoms with E-state index in [0.29, 0.717) is 22.9 Å². The van der Waals surface area contributed by atoms with E-state index in [1.54, 1.807) is 48.9 Å². The van der Waals surface area contributed by atoms with Crippen LogP contribution in [0.4, 0.5) is 5.82 Å². The van der Waals surface area contributed by atoms with Crippen molar-refractivity contribution in [1.29, 1.82) is 0 Å². The molecule has 1 atom stereocenters. The third-order valence-electron chi connectivity index (χ3n) is 4.16. The molecule has 0 saturated carbocycles. The molecular formula is C20H22N4O4. The van der Waals surface area contributed by atoms with Gasteiger partial charge in [-0.25, -0.2) is 0 Å². The van der Waals surface area contributed by atoms with Gasteiger partial charge in [0.15, 0.2) is 11.9 Å². The number of rotatable bonds is 6. The van der Waals surface area contributed by atoms with E-state index in [0.717, 1.165) is 11.4 Å². The summed E-state index contributed by atoms with van der Waals surface area (Å²) < 4.78 is 12.3. The summed E-state index contributed by atoms with van der Waals surface area (Å²) in [5.41, 5.74) is 5.20. The van der Waals surface area contributed by atoms with Gasteiger partial charge >= 0.3 is 0 Å². The molecule has 2 N–H and O–H groups in total. The summed E-state index contributed by atoms with van der Waals surface area (Å²) in [6.07, 6.45) is -0.748. The first-order valence-electron chi connectivity index (χ1n) is 8.80. The number of anilines is 1. The number of aryl methyl sites for hydroxylation is 3. The molecule has 2 amide bonds. The first-order chi connectivity index (χ1) is 13.3. The molecule has 1 aromatic carbocycles. The van der Waals surface area contributed by atoms with E-state index in [1.165, 1.54) is 0 Å². The van der Waals surface area contributed by atoms with Gasteiger partial charge < -0.3 is 14.6 Å². The number of nitrogens with one attached hydrogen (secondary N) is 2. The minimum Gasteiger partial charge on any atom is -0.481 e. The fourth-order valence-electron chi connectivity index (χ4n) is 2.61. The Morgan fingerprint density at radius 1 is 1.07 bits per heavy atom. The third-order valence-corrected chi connectivity index (χ3v) is 4.16. The molecule has 0 fully saturated rings. The largest absolute Gasteiger partial charge is 0.481 e. The lowest BCUT2D eigenvalue weighted by atomic mass is 10.2. The first kappa shape index (κ1) is 19.2. The van der Waals surface area contributed by atoms with Gasteiger partial charge in [-0.3, -0.25) is 19.7 Å². The molecule has 8 heteroatoms. The van der Waals surface area contributed by atoms with Gasteiger partial charge in [0.1, 0.15) is 11.5 Å². The van der Waals surface area contributed by atoms with Crippen LogP contribution in [0, 0.1) is 20.8 Å². The van der Waals surface area contributed by atoms with Crippen molar-refractivity contribution < 1.29 is 18.8 Å². The molecule has 3 aromatic rings. The average Bonchev–Trinajstić information content (AvgIpc) is 3.21. The minimum absolute atomic E-state index is 0.235. The SMILES string of the molecule is Cc1cc(NC(=O)[C@H](C)Oc2ccc(C(=O)Nn3c(C)ccc3C)cc2)no1. The zero-order valence-electron chi connectivity index (χ0n) is 16.1. The Hall–Kier alpha value is -3.55. The molecular weight excluding hydrogens is 360 g/mol. The van der Waals surface area contributed by atoms with Crippen molar-refractivity contribution in [3.8, 4) is 5.75 Å². The van der Waals surface area contributed by atoms with E-state index in [1.807, 2.05) is 26.0 Å². The van der Waals surface area contributed by atoms with Crippen LogP contribution in [-0.4, -0.2) is 27.8 Å². The molecule has 0 saturated heterocycles. The van der Waals surface area contributed by atoms with E-state index in [2.05, 4.69) is 15.9 Å². The van der Waals surface area contributed by atoms with Crippen molar-refractivity contribution in [3.05, 3.63) is 65.2 Å². The Bertz CT molecular complexity index is 969. The van der Waals surface area contributed by atoms with Crippen LogP contribution in [0.5, 0.6) is 5.75 Å². The number of aromatic nitrogens is 2. The van der Waals surface area contributed by atoms with E-state index < -0.39 is 6.10 Å². The van der Waals surface area contributed by atoms with E-state index >= 15 is 0 Å². The quantitative estimate of drug-likeness (QED) is 0.682. The van der Waals surface area contributed by atoms with Gasteiger partial charge in [-0.15, -0.1) is 0 Å². The summed E-state index contributed by atoms with van der Waals surface area (Å²) in [6.45, 7) is 7.19. The van der Waals surface area contributed by atoms with Gasteiger partial charge in [0.25, 0.3) is 11.8 Å². The molecule has 0 bridgehead atoms. The van der Waals surface area contributed by atoms with Crippen molar-refractivity contribution in [2.75, 3.05) is 10.7 Å². The number of amides is 2. The van der Waals surface area contributed by atoms with Crippen LogP contribution in [0.2, 0.25) is 0 Å². The molecule has 0 aliphatic rings. The van der Waals surface area contributed by atoms with Crippen LogP contribution in [0.15, 0.2) is 47.0 Å². The Balaban J connectivity index is 1.59. The van der Waals surface area contributed by atoms with Gasteiger partial charge in [-0.05, 0) is 64.1 Å². The van der Waals surface area contributed by atoms with E-state index in [-0.39, 0.29) is 11.8 Å². The molecule has 0 unspecified atom stereocenters. The summed E-state index contributed by atoms with van der Waals surface area (Å²) >= 11 is 0. The summed E-state index contributed by atoms with van der Waals surface area (Å²) in [5, 5.41) is 6.32. The lowest BCUT2D eigenvalue weighted by Crippen LogP contribution is -2.30. The van der Waals surface area contributed by atoms with Crippen molar-refractivity contribution in [2.24, 2.45) is 0 Å². The summed E-state index contributed by atoms with van der Waals surface area (Å²) in [6, 6.07) is 12.1. The van der Waals surface area contributed by atoms with Crippen LogP contribution in [-0.2, 0) is 4.79 Å². The maximum atomic E-state index is 12.4. The van der Waals surface area contributed by atoms with Gasteiger partial charge in [-0.2, -0.15) is 0 Å². The predicted molar refractivity (Wildman–Crippen MR) is 104 cm³/mol. The molecule has 2 aromatic heterocycles. The highest BCUT2D eigenvalue weighted by Gasteiger charge is 2.17. The standard InChI is InChI=1S/C20H22N4O4/c1-12-5-6-13(2)24(12)22-20(26)16-7-9-17(10-8-16)27-15(4)19(25)21-18-11-14(3)28-23-18/h5-11,15H,1-4H3,(H,22,26)(H,21,23,25)/t15-/m0/s1. The normalized spacial score (nSPS) is 11.7. The van der Waals surface area contributed by atoms with Gasteiger partial charge in [-0.1, -0.05) is 5.16 Å². The number of carbonyl (C=O) groups is 2. The molecule has 3 rings (SSSR count). The Labute approximate surface area is 162 Å². The number of carbonyl (C=O) groups excluding carboxylic acids is 2. The monoisotopic (exact) mass is 382 g/mol. The number of hydrogen-bond donors (Lipinski definition) is 2. The van der Waals surface area contributed by atoms with Crippen molar-refractivity contribution in [1.82, 2.24) is 9.83 Å². The van der Waals surface area contributed by atoms with Crippen molar-refractivity contribution in [2.45, 2.75) is 33.8 Å². The van der Waals surface area contributed by atoms with Crippen molar-refractivity contribution >= 4 is 17.6 Å². The number of hydrogen-bond acceptors (Lipinski definition) is 5. The molecule has 0 aliphatic heterocycles. The van der Waals surface area contributed by atoms with Crippen LogP contribution >= 0.6 is 0 Å². The molecule has 2 heterocycles. The smallest absolute Gasteiger partial charge is 0.270 e. The summed E-state index contributed by atoms with van der Waals surface area (Å²) in [4.78, 5) is 24.6. The van der Waals surface area contributed by atoms with E-state index in [4.69, 9.17) is 9.26 Å². The molecule has 0 spiro atoms. The van der Waals surface area contributed by atoms with Crippen LogP contribution in [0.25, 0.3) is 0 Å². The van der Waals surface area contributed by atoms with Crippen LogP contribution in [0.3, 0.4) is 0 Å². The fraction of sp³-hybridized carbons (Fsp3) is 0.250. The van der Waals surface area contributed by atoms with Gasteiger partial charge in [0, 0.05) is 23.0 Å². The maximum Gasteiger partial charge on any atom is 0.270 e. The lowest BCUT2D eigenvalue weighted by molar-refractivity contribution is -0.122. The first-order valence-corrected chi connectivity index (χ1v) is 8.80. The Kier molecular flexibility index (Phi) is 5.49. The lowest BCUT2D eigenvalue weighted by Gasteiger charge is -2.14. The molecule has 0 radical (unpaired) electrons. The highest BCUT2D eigenvalue weighted by atomic mass is 16.5. The van der Waals surface area contributed by atoms with Crippen molar-refractivity contribution in [3.63, 3.8) is 0 Å². The topological polar surface area (TPSA) is 98.4 Å². The Morgan fingerprint density at radius 3 is 2.29 bits per heavy atom. The number of benzene rings is 1. The number of nitrogens with zero attached hydrogens (tertiary/aromatic N) is 2. The van der Waals surface area contributed by atoms with E-state index in [9.17, 15) is 9.59 Å². The number of ether oxygens (including phenoxy) is 1. The second kappa shape index (κ2) is 7.99. The third kappa shape index (κ3) is 4.40. The highest BCUT2D eigenvalue weighted by molar-refractivity contribution is 6.00. The van der Waals surface area contributed by atoms with Gasteiger partial charge in [0.05, 0.1) is 0 Å². The summed E-state index contributed by atoms with van der Waals surface area (Å²) in [5.74, 6) is 0.822. The summed E-state index contributed by atoms with van der Waals surface area (Å²) in [7, 11) is 0. The van der Waals surface area contributed by atoms with Crippen LogP contribution < -0.4 is 15.5 Å². The van der Waals surface area contributed by atoms with Gasteiger partial charge in [0.2, 0.25) is 0 Å². The molecule has 0 aliphatic carbocycles. The van der Waals surface area contributed by atoms with Crippen LogP contribution in [0.1, 0.15) is 34.4 Å². The second-order valence-corrected chi connectivity index (χ2v) is 6.49. The fourth-order valence-corrected chi connectivity index (χ4v) is 2.61. The molecule has 146 valence electrons. The zero-order valence-corrected chi connectivity index (χ0v) is 16.1.